The first kappa shape index (κ1) is 8.35. The summed E-state index contributed by atoms with van der Waals surface area (Å²) in [7, 11) is 0. The summed E-state index contributed by atoms with van der Waals surface area (Å²) < 4.78 is 0. The monoisotopic (exact) mass is 179 g/mol. The van der Waals surface area contributed by atoms with Gasteiger partial charge in [-0.1, -0.05) is 0 Å². The SMILES string of the molecule is Cc1c[nH]c(C)c1C1CC1C(=O)O. The van der Waals surface area contributed by atoms with Crippen LogP contribution in [0.3, 0.4) is 0 Å². The van der Waals surface area contributed by atoms with Gasteiger partial charge in [0.05, 0.1) is 5.92 Å². The summed E-state index contributed by atoms with van der Waals surface area (Å²) in [6.07, 6.45) is 2.75. The van der Waals surface area contributed by atoms with Gasteiger partial charge in [-0.2, -0.15) is 0 Å². The Kier molecular flexibility index (Phi) is 1.68. The average molecular weight is 179 g/mol. The molecule has 1 aliphatic carbocycles. The van der Waals surface area contributed by atoms with Gasteiger partial charge in [-0.15, -0.1) is 0 Å². The molecule has 2 unspecified atom stereocenters. The maximum Gasteiger partial charge on any atom is 0.307 e. The zero-order valence-corrected chi connectivity index (χ0v) is 7.79. The summed E-state index contributed by atoms with van der Waals surface area (Å²) >= 11 is 0. The highest BCUT2D eigenvalue weighted by Gasteiger charge is 2.45. The van der Waals surface area contributed by atoms with Crippen LogP contribution in [0.4, 0.5) is 0 Å². The number of carboxylic acid groups (broad SMARTS) is 1. The molecule has 0 aromatic carbocycles. The van der Waals surface area contributed by atoms with Gasteiger partial charge in [0.25, 0.3) is 0 Å². The predicted molar refractivity (Wildman–Crippen MR) is 48.8 cm³/mol. The van der Waals surface area contributed by atoms with E-state index in [1.54, 1.807) is 0 Å². The fraction of sp³-hybridized carbons (Fsp3) is 0.500. The van der Waals surface area contributed by atoms with E-state index in [9.17, 15) is 4.79 Å². The van der Waals surface area contributed by atoms with Crippen molar-refractivity contribution in [3.63, 3.8) is 0 Å². The van der Waals surface area contributed by atoms with Crippen molar-refractivity contribution in [3.8, 4) is 0 Å². The second-order valence-electron chi connectivity index (χ2n) is 3.80. The number of carboxylic acids is 1. The highest BCUT2D eigenvalue weighted by Crippen LogP contribution is 2.49. The largest absolute Gasteiger partial charge is 0.481 e. The van der Waals surface area contributed by atoms with Crippen molar-refractivity contribution in [1.29, 1.82) is 0 Å². The van der Waals surface area contributed by atoms with Crippen molar-refractivity contribution in [2.45, 2.75) is 26.2 Å². The van der Waals surface area contributed by atoms with E-state index in [0.717, 1.165) is 12.1 Å². The van der Waals surface area contributed by atoms with Gasteiger partial charge in [0.1, 0.15) is 0 Å². The van der Waals surface area contributed by atoms with Crippen LogP contribution >= 0.6 is 0 Å². The zero-order chi connectivity index (χ0) is 9.59. The molecule has 2 atom stereocenters. The first-order chi connectivity index (χ1) is 6.11. The number of aliphatic carboxylic acids is 1. The number of aromatic nitrogens is 1. The molecular weight excluding hydrogens is 166 g/mol. The molecule has 0 amide bonds. The minimum atomic E-state index is -0.662. The van der Waals surface area contributed by atoms with Gasteiger partial charge in [0, 0.05) is 17.8 Å². The molecule has 2 rings (SSSR count). The van der Waals surface area contributed by atoms with Crippen LogP contribution in [0.25, 0.3) is 0 Å². The highest BCUT2D eigenvalue weighted by molar-refractivity contribution is 5.75. The van der Waals surface area contributed by atoms with Crippen molar-refractivity contribution < 1.29 is 9.90 Å². The maximum absolute atomic E-state index is 10.7. The second kappa shape index (κ2) is 2.62. The summed E-state index contributed by atoms with van der Waals surface area (Å²) in [4.78, 5) is 13.8. The number of hydrogen-bond acceptors (Lipinski definition) is 1. The van der Waals surface area contributed by atoms with Crippen molar-refractivity contribution >= 4 is 5.97 Å². The first-order valence-electron chi connectivity index (χ1n) is 4.48. The molecule has 2 N–H and O–H groups in total. The lowest BCUT2D eigenvalue weighted by molar-refractivity contribution is -0.138. The molecule has 0 aliphatic heterocycles. The minimum Gasteiger partial charge on any atom is -0.481 e. The normalized spacial score (nSPS) is 26.0. The third-order valence-corrected chi connectivity index (χ3v) is 2.81. The van der Waals surface area contributed by atoms with E-state index in [0.29, 0.717) is 0 Å². The van der Waals surface area contributed by atoms with Crippen LogP contribution in [0.2, 0.25) is 0 Å². The molecule has 1 heterocycles. The molecule has 1 aromatic heterocycles. The van der Waals surface area contributed by atoms with E-state index in [4.69, 9.17) is 5.11 Å². The van der Waals surface area contributed by atoms with Crippen LogP contribution in [0.1, 0.15) is 29.2 Å². The van der Waals surface area contributed by atoms with Crippen molar-refractivity contribution in [2.75, 3.05) is 0 Å². The maximum atomic E-state index is 10.7. The van der Waals surface area contributed by atoms with Crippen LogP contribution < -0.4 is 0 Å². The average Bonchev–Trinajstić information content (AvgIpc) is 2.76. The van der Waals surface area contributed by atoms with Crippen LogP contribution in [0.5, 0.6) is 0 Å². The third kappa shape index (κ3) is 1.24. The van der Waals surface area contributed by atoms with Crippen molar-refractivity contribution in [3.05, 3.63) is 23.0 Å². The van der Waals surface area contributed by atoms with E-state index in [1.165, 1.54) is 11.1 Å². The number of H-pyrrole nitrogens is 1. The van der Waals surface area contributed by atoms with Gasteiger partial charge in [-0.25, -0.2) is 0 Å². The minimum absolute atomic E-state index is 0.145. The molecule has 0 bridgehead atoms. The lowest BCUT2D eigenvalue weighted by Gasteiger charge is -1.98. The predicted octanol–water partition coefficient (Wildman–Crippen LogP) is 1.82. The van der Waals surface area contributed by atoms with Gasteiger partial charge in [-0.05, 0) is 31.4 Å². The molecule has 1 fully saturated rings. The second-order valence-corrected chi connectivity index (χ2v) is 3.80. The summed E-state index contributed by atoms with van der Waals surface area (Å²) in [5, 5.41) is 8.79. The lowest BCUT2D eigenvalue weighted by Crippen LogP contribution is -1.99. The molecule has 0 spiro atoms. The van der Waals surface area contributed by atoms with Crippen molar-refractivity contribution in [2.24, 2.45) is 5.92 Å². The molecule has 1 aliphatic rings. The number of aryl methyl sites for hydroxylation is 2. The number of aromatic amines is 1. The van der Waals surface area contributed by atoms with Gasteiger partial charge in [0.2, 0.25) is 0 Å². The van der Waals surface area contributed by atoms with Gasteiger partial charge in [-0.3, -0.25) is 4.79 Å². The van der Waals surface area contributed by atoms with E-state index in [-0.39, 0.29) is 11.8 Å². The first-order valence-corrected chi connectivity index (χ1v) is 4.48. The number of hydrogen-bond donors (Lipinski definition) is 2. The summed E-state index contributed by atoms with van der Waals surface area (Å²) in [6.45, 7) is 4.02. The lowest BCUT2D eigenvalue weighted by atomic mass is 10.1. The summed E-state index contributed by atoms with van der Waals surface area (Å²) in [5.41, 5.74) is 3.52. The fourth-order valence-electron chi connectivity index (χ4n) is 2.03. The molecule has 70 valence electrons. The van der Waals surface area contributed by atoms with Crippen LogP contribution in [0.15, 0.2) is 6.20 Å². The third-order valence-electron chi connectivity index (χ3n) is 2.81. The molecule has 0 saturated heterocycles. The molecular formula is C10H13NO2. The van der Waals surface area contributed by atoms with Crippen LogP contribution in [0, 0.1) is 19.8 Å². The zero-order valence-electron chi connectivity index (χ0n) is 7.79. The van der Waals surface area contributed by atoms with Crippen LogP contribution in [-0.2, 0) is 4.79 Å². The number of rotatable bonds is 2. The van der Waals surface area contributed by atoms with Gasteiger partial charge < -0.3 is 10.1 Å². The summed E-state index contributed by atoms with van der Waals surface area (Å²) in [5.74, 6) is -0.554. The number of carbonyl (C=O) groups is 1. The van der Waals surface area contributed by atoms with E-state index in [1.807, 2.05) is 20.0 Å². The Morgan fingerprint density at radius 3 is 2.69 bits per heavy atom. The van der Waals surface area contributed by atoms with E-state index < -0.39 is 5.97 Å². The van der Waals surface area contributed by atoms with E-state index in [2.05, 4.69) is 4.98 Å². The Balaban J connectivity index is 2.24. The fourth-order valence-corrected chi connectivity index (χ4v) is 2.03. The molecule has 1 aromatic rings. The smallest absolute Gasteiger partial charge is 0.307 e. The van der Waals surface area contributed by atoms with E-state index >= 15 is 0 Å². The molecule has 1 saturated carbocycles. The van der Waals surface area contributed by atoms with Crippen molar-refractivity contribution in [1.82, 2.24) is 4.98 Å². The Morgan fingerprint density at radius 1 is 1.62 bits per heavy atom. The highest BCUT2D eigenvalue weighted by atomic mass is 16.4. The Hall–Kier alpha value is -1.25. The molecule has 13 heavy (non-hydrogen) atoms. The molecule has 0 radical (unpaired) electrons. The molecule has 3 nitrogen and oxygen atoms in total. The topological polar surface area (TPSA) is 53.1 Å². The van der Waals surface area contributed by atoms with Gasteiger partial charge >= 0.3 is 5.97 Å². The Morgan fingerprint density at radius 2 is 2.31 bits per heavy atom. The Bertz CT molecular complexity index is 334. The van der Waals surface area contributed by atoms with Crippen LogP contribution in [-0.4, -0.2) is 16.1 Å². The molecule has 3 heteroatoms. The number of nitrogens with one attached hydrogen (secondary N) is 1. The Labute approximate surface area is 76.8 Å². The summed E-state index contributed by atoms with van der Waals surface area (Å²) in [6, 6.07) is 0. The standard InChI is InChI=1S/C10H13NO2/c1-5-4-11-6(2)9(5)7-3-8(7)10(12)13/h4,7-8,11H,3H2,1-2H3,(H,12,13). The van der Waals surface area contributed by atoms with Gasteiger partial charge in [0.15, 0.2) is 0 Å². The quantitative estimate of drug-likeness (QED) is 0.727.